The van der Waals surface area contributed by atoms with E-state index in [2.05, 4.69) is 17.3 Å². The molecule has 6 nitrogen and oxygen atoms in total. The van der Waals surface area contributed by atoms with Crippen molar-refractivity contribution in [3.8, 4) is 5.75 Å². The molecule has 1 aromatic carbocycles. The van der Waals surface area contributed by atoms with E-state index in [1.807, 2.05) is 29.2 Å². The van der Waals surface area contributed by atoms with Crippen LogP contribution in [0.1, 0.15) is 18.4 Å². The molecule has 0 unspecified atom stereocenters. The molecule has 6 heteroatoms. The number of likely N-dealkylation sites (tertiary alicyclic amines) is 1. The number of rotatable bonds is 7. The van der Waals surface area contributed by atoms with Crippen LogP contribution in [0.5, 0.6) is 5.75 Å². The first-order chi connectivity index (χ1) is 12.2. The van der Waals surface area contributed by atoms with E-state index < -0.39 is 0 Å². The molecule has 1 amide bonds. The van der Waals surface area contributed by atoms with Gasteiger partial charge < -0.3 is 24.6 Å². The third-order valence-electron chi connectivity index (χ3n) is 4.81. The second-order valence-corrected chi connectivity index (χ2v) is 6.87. The van der Waals surface area contributed by atoms with Gasteiger partial charge in [0.05, 0.1) is 12.7 Å². The highest BCUT2D eigenvalue weighted by atomic mass is 16.5. The van der Waals surface area contributed by atoms with Crippen LogP contribution >= 0.6 is 0 Å². The highest BCUT2D eigenvalue weighted by molar-refractivity contribution is 5.78. The maximum Gasteiger partial charge on any atom is 0.260 e. The molecule has 0 bridgehead atoms. The average molecular weight is 347 g/mol. The highest BCUT2D eigenvalue weighted by Crippen LogP contribution is 2.18. The van der Waals surface area contributed by atoms with E-state index in [4.69, 9.17) is 9.47 Å². The fourth-order valence-electron chi connectivity index (χ4n) is 3.35. The molecule has 0 aromatic heterocycles. The lowest BCUT2D eigenvalue weighted by Gasteiger charge is -2.30. The van der Waals surface area contributed by atoms with Crippen molar-refractivity contribution in [2.75, 3.05) is 53.0 Å². The van der Waals surface area contributed by atoms with E-state index in [0.29, 0.717) is 6.54 Å². The fraction of sp³-hybridized carbons (Fsp3) is 0.632. The summed E-state index contributed by atoms with van der Waals surface area (Å²) >= 11 is 0. The van der Waals surface area contributed by atoms with Gasteiger partial charge in [-0.3, -0.25) is 4.79 Å². The standard InChI is InChI=1S/C19H29N3O3/c1-21-10-11-24-17(14-21)13-20-12-16-6-2-3-7-18(16)25-15-19(23)22-8-4-5-9-22/h2-3,6-7,17,20H,4-5,8-15H2,1H3/t17-/m1/s1. The fourth-order valence-corrected chi connectivity index (χ4v) is 3.35. The van der Waals surface area contributed by atoms with E-state index >= 15 is 0 Å². The van der Waals surface area contributed by atoms with E-state index in [0.717, 1.165) is 63.5 Å². The topological polar surface area (TPSA) is 54.0 Å². The molecule has 25 heavy (non-hydrogen) atoms. The number of ether oxygens (including phenoxy) is 2. The molecule has 0 saturated carbocycles. The molecule has 1 aromatic rings. The normalized spacial score (nSPS) is 21.5. The first kappa shape index (κ1) is 18.2. The van der Waals surface area contributed by atoms with E-state index in [9.17, 15) is 4.79 Å². The van der Waals surface area contributed by atoms with Crippen LogP contribution in [0.15, 0.2) is 24.3 Å². The summed E-state index contributed by atoms with van der Waals surface area (Å²) < 4.78 is 11.6. The second kappa shape index (κ2) is 9.17. The Balaban J connectivity index is 1.46. The third-order valence-corrected chi connectivity index (χ3v) is 4.81. The number of nitrogens with one attached hydrogen (secondary N) is 1. The molecular weight excluding hydrogens is 318 g/mol. The van der Waals surface area contributed by atoms with Crippen LogP contribution in [0.25, 0.3) is 0 Å². The van der Waals surface area contributed by atoms with Crippen molar-refractivity contribution in [2.24, 2.45) is 0 Å². The van der Waals surface area contributed by atoms with Crippen LogP contribution in [0.4, 0.5) is 0 Å². The molecule has 2 fully saturated rings. The van der Waals surface area contributed by atoms with Crippen molar-refractivity contribution in [3.05, 3.63) is 29.8 Å². The Labute approximate surface area is 150 Å². The quantitative estimate of drug-likeness (QED) is 0.801. The number of carbonyl (C=O) groups is 1. The molecular formula is C19H29N3O3. The number of carbonyl (C=O) groups excluding carboxylic acids is 1. The maximum absolute atomic E-state index is 12.1. The van der Waals surface area contributed by atoms with Gasteiger partial charge in [0.2, 0.25) is 0 Å². The van der Waals surface area contributed by atoms with Gasteiger partial charge in [-0.25, -0.2) is 0 Å². The number of amides is 1. The molecule has 138 valence electrons. The number of para-hydroxylation sites is 1. The molecule has 2 heterocycles. The molecule has 3 rings (SSSR count). The lowest BCUT2D eigenvalue weighted by molar-refractivity contribution is -0.132. The minimum absolute atomic E-state index is 0.0823. The van der Waals surface area contributed by atoms with Gasteiger partial charge in [-0.1, -0.05) is 18.2 Å². The van der Waals surface area contributed by atoms with Gasteiger partial charge in [0.1, 0.15) is 5.75 Å². The Morgan fingerprint density at radius 3 is 2.88 bits per heavy atom. The van der Waals surface area contributed by atoms with Crippen LogP contribution in [0.3, 0.4) is 0 Å². The predicted molar refractivity (Wildman–Crippen MR) is 96.7 cm³/mol. The number of hydrogen-bond donors (Lipinski definition) is 1. The molecule has 0 spiro atoms. The monoisotopic (exact) mass is 347 g/mol. The zero-order chi connectivity index (χ0) is 17.5. The number of morpholine rings is 1. The van der Waals surface area contributed by atoms with E-state index in [1.165, 1.54) is 0 Å². The zero-order valence-corrected chi connectivity index (χ0v) is 15.1. The van der Waals surface area contributed by atoms with E-state index in [1.54, 1.807) is 0 Å². The Bertz CT molecular complexity index is 561. The minimum atomic E-state index is 0.0823. The predicted octanol–water partition coefficient (Wildman–Crippen LogP) is 1.11. The van der Waals surface area contributed by atoms with Crippen LogP contribution in [-0.2, 0) is 16.1 Å². The Morgan fingerprint density at radius 1 is 1.28 bits per heavy atom. The molecule has 2 saturated heterocycles. The van der Waals surface area contributed by atoms with Gasteiger partial charge in [0.25, 0.3) is 5.91 Å². The maximum atomic E-state index is 12.1. The molecule has 2 aliphatic rings. The van der Waals surface area contributed by atoms with E-state index in [-0.39, 0.29) is 18.6 Å². The van der Waals surface area contributed by atoms with Gasteiger partial charge >= 0.3 is 0 Å². The SMILES string of the molecule is CN1CCO[C@H](CNCc2ccccc2OCC(=O)N2CCCC2)C1. The number of likely N-dealkylation sites (N-methyl/N-ethyl adjacent to an activating group) is 1. The summed E-state index contributed by atoms with van der Waals surface area (Å²) in [5.41, 5.74) is 1.07. The zero-order valence-electron chi connectivity index (χ0n) is 15.1. The Morgan fingerprint density at radius 2 is 2.08 bits per heavy atom. The summed E-state index contributed by atoms with van der Waals surface area (Å²) in [7, 11) is 2.12. The average Bonchev–Trinajstić information content (AvgIpc) is 3.15. The molecule has 2 aliphatic heterocycles. The summed E-state index contributed by atoms with van der Waals surface area (Å²) in [6, 6.07) is 7.91. The summed E-state index contributed by atoms with van der Waals surface area (Å²) in [6.07, 6.45) is 2.43. The summed E-state index contributed by atoms with van der Waals surface area (Å²) in [5.74, 6) is 0.864. The van der Waals surface area contributed by atoms with Crippen LogP contribution < -0.4 is 10.1 Å². The largest absolute Gasteiger partial charge is 0.483 e. The smallest absolute Gasteiger partial charge is 0.260 e. The molecule has 1 atom stereocenters. The second-order valence-electron chi connectivity index (χ2n) is 6.87. The first-order valence-electron chi connectivity index (χ1n) is 9.22. The van der Waals surface area contributed by atoms with Gasteiger partial charge in [0, 0.05) is 44.8 Å². The minimum Gasteiger partial charge on any atom is -0.483 e. The van der Waals surface area contributed by atoms with Crippen molar-refractivity contribution in [1.29, 1.82) is 0 Å². The van der Waals surface area contributed by atoms with Crippen molar-refractivity contribution in [2.45, 2.75) is 25.5 Å². The number of nitrogens with zero attached hydrogens (tertiary/aromatic N) is 2. The summed E-state index contributed by atoms with van der Waals surface area (Å²) in [6.45, 7) is 6.11. The Kier molecular flexibility index (Phi) is 6.67. The van der Waals surface area contributed by atoms with Gasteiger partial charge in [-0.05, 0) is 26.0 Å². The van der Waals surface area contributed by atoms with Gasteiger partial charge in [-0.15, -0.1) is 0 Å². The number of hydrogen-bond acceptors (Lipinski definition) is 5. The first-order valence-corrected chi connectivity index (χ1v) is 9.22. The lowest BCUT2D eigenvalue weighted by Crippen LogP contribution is -2.44. The van der Waals surface area contributed by atoms with Crippen molar-refractivity contribution >= 4 is 5.91 Å². The van der Waals surface area contributed by atoms with Crippen molar-refractivity contribution in [1.82, 2.24) is 15.1 Å². The van der Waals surface area contributed by atoms with Crippen molar-refractivity contribution in [3.63, 3.8) is 0 Å². The number of benzene rings is 1. The lowest BCUT2D eigenvalue weighted by atomic mass is 10.2. The summed E-state index contributed by atoms with van der Waals surface area (Å²) in [4.78, 5) is 16.3. The highest BCUT2D eigenvalue weighted by Gasteiger charge is 2.19. The van der Waals surface area contributed by atoms with Gasteiger partial charge in [-0.2, -0.15) is 0 Å². The molecule has 0 radical (unpaired) electrons. The van der Waals surface area contributed by atoms with Crippen LogP contribution in [0.2, 0.25) is 0 Å². The van der Waals surface area contributed by atoms with Crippen molar-refractivity contribution < 1.29 is 14.3 Å². The molecule has 0 aliphatic carbocycles. The third kappa shape index (κ3) is 5.42. The Hall–Kier alpha value is -1.63. The van der Waals surface area contributed by atoms with Crippen LogP contribution in [-0.4, -0.2) is 74.8 Å². The molecule has 1 N–H and O–H groups in total. The van der Waals surface area contributed by atoms with Crippen LogP contribution in [0, 0.1) is 0 Å². The summed E-state index contributed by atoms with van der Waals surface area (Å²) in [5, 5.41) is 3.45. The van der Waals surface area contributed by atoms with Gasteiger partial charge in [0.15, 0.2) is 6.61 Å².